The summed E-state index contributed by atoms with van der Waals surface area (Å²) in [4.78, 5) is 43.9. The Labute approximate surface area is 211 Å². The van der Waals surface area contributed by atoms with E-state index in [2.05, 4.69) is 22.1 Å². The maximum atomic E-state index is 12.5. The van der Waals surface area contributed by atoms with Gasteiger partial charge in [0.15, 0.2) is 5.78 Å². The van der Waals surface area contributed by atoms with Crippen LogP contribution in [-0.4, -0.2) is 32.6 Å². The number of carboxylic acid groups (broad SMARTS) is 1. The minimum absolute atomic E-state index is 0.0427. The summed E-state index contributed by atoms with van der Waals surface area (Å²) in [5.74, 6) is 0.252. The molecule has 4 rings (SSSR count). The predicted octanol–water partition coefficient (Wildman–Crippen LogP) is 6.06. The number of ketones is 2. The quantitative estimate of drug-likeness (QED) is 0.332. The van der Waals surface area contributed by atoms with E-state index in [4.69, 9.17) is 5.11 Å². The van der Waals surface area contributed by atoms with Gasteiger partial charge in [-0.05, 0) is 60.6 Å². The van der Waals surface area contributed by atoms with Crippen molar-refractivity contribution in [1.29, 1.82) is 0 Å². The molecule has 186 valence electrons. The number of aromatic nitrogens is 2. The Kier molecular flexibility index (Phi) is 8.71. The Hall–Kier alpha value is -3.67. The molecule has 2 aromatic carbocycles. The molecule has 6 nitrogen and oxygen atoms in total. The first-order valence-electron chi connectivity index (χ1n) is 12.7. The van der Waals surface area contributed by atoms with E-state index in [1.807, 2.05) is 36.4 Å². The number of carboxylic acids is 1. The zero-order valence-electron chi connectivity index (χ0n) is 20.4. The molecule has 1 heterocycles. The highest BCUT2D eigenvalue weighted by molar-refractivity contribution is 5.96. The molecule has 1 saturated carbocycles. The molecule has 1 N–H and O–H groups in total. The van der Waals surface area contributed by atoms with E-state index in [1.54, 1.807) is 12.4 Å². The van der Waals surface area contributed by atoms with Gasteiger partial charge in [-0.25, -0.2) is 9.97 Å². The largest absolute Gasteiger partial charge is 0.481 e. The van der Waals surface area contributed by atoms with Gasteiger partial charge in [-0.3, -0.25) is 14.4 Å². The van der Waals surface area contributed by atoms with Gasteiger partial charge in [0.05, 0.1) is 0 Å². The van der Waals surface area contributed by atoms with E-state index >= 15 is 0 Å². The van der Waals surface area contributed by atoms with Crippen molar-refractivity contribution in [3.63, 3.8) is 0 Å². The fourth-order valence-corrected chi connectivity index (χ4v) is 5.06. The van der Waals surface area contributed by atoms with Crippen molar-refractivity contribution in [2.45, 2.75) is 63.7 Å². The molecule has 0 aliphatic heterocycles. The fraction of sp³-hybridized carbons (Fsp3) is 0.367. The normalized spacial score (nSPS) is 17.4. The van der Waals surface area contributed by atoms with Gasteiger partial charge in [0.1, 0.15) is 12.1 Å². The lowest BCUT2D eigenvalue weighted by molar-refractivity contribution is -0.138. The zero-order valence-corrected chi connectivity index (χ0v) is 20.4. The lowest BCUT2D eigenvalue weighted by atomic mass is 9.77. The summed E-state index contributed by atoms with van der Waals surface area (Å²) in [6, 6.07) is 15.7. The first-order valence-corrected chi connectivity index (χ1v) is 12.7. The monoisotopic (exact) mass is 484 g/mol. The van der Waals surface area contributed by atoms with Gasteiger partial charge in [-0.1, -0.05) is 48.5 Å². The molecule has 1 aromatic heterocycles. The first kappa shape index (κ1) is 25.4. The number of aliphatic carboxylic acids is 1. The Balaban J connectivity index is 1.19. The lowest BCUT2D eigenvalue weighted by Gasteiger charge is -2.28. The fourth-order valence-electron chi connectivity index (χ4n) is 5.06. The predicted molar refractivity (Wildman–Crippen MR) is 138 cm³/mol. The van der Waals surface area contributed by atoms with Crippen molar-refractivity contribution in [2.75, 3.05) is 0 Å². The van der Waals surface area contributed by atoms with Crippen molar-refractivity contribution >= 4 is 17.5 Å². The van der Waals surface area contributed by atoms with E-state index in [0.717, 1.165) is 42.4 Å². The van der Waals surface area contributed by atoms with Gasteiger partial charge in [-0.15, -0.1) is 0 Å². The van der Waals surface area contributed by atoms with Crippen LogP contribution >= 0.6 is 0 Å². The Morgan fingerprint density at radius 2 is 1.47 bits per heavy atom. The summed E-state index contributed by atoms with van der Waals surface area (Å²) in [6.07, 6.45) is 10.9. The third-order valence-electron chi connectivity index (χ3n) is 7.12. The molecule has 0 radical (unpaired) electrons. The van der Waals surface area contributed by atoms with Crippen LogP contribution in [0.3, 0.4) is 0 Å². The topological polar surface area (TPSA) is 97.2 Å². The SMILES string of the molecule is O=C(O)CC1CCC(c2ccc(CC(=O)CCCC(=O)c3ccc(-c4cncnc4)cc3)cc2)CC1. The van der Waals surface area contributed by atoms with Gasteiger partial charge in [0.25, 0.3) is 0 Å². The summed E-state index contributed by atoms with van der Waals surface area (Å²) in [6.45, 7) is 0. The minimum atomic E-state index is -0.703. The van der Waals surface area contributed by atoms with Gasteiger partial charge < -0.3 is 5.11 Å². The summed E-state index contributed by atoms with van der Waals surface area (Å²) in [5.41, 5.74) is 4.78. The number of hydrogen-bond donors (Lipinski definition) is 1. The standard InChI is InChI=1S/C30H32N2O4/c33-28(2-1-3-29(34)26-14-12-25(13-15-26)27-18-31-20-32-19-27)16-21-4-8-23(9-5-21)24-10-6-22(7-11-24)17-30(35)36/h4-5,8-9,12-15,18-20,22,24H,1-3,6-7,10-11,16-17H2,(H,35,36). The average molecular weight is 485 g/mol. The average Bonchev–Trinajstić information content (AvgIpc) is 2.90. The summed E-state index contributed by atoms with van der Waals surface area (Å²) < 4.78 is 0. The number of nitrogens with zero attached hydrogens (tertiary/aromatic N) is 2. The van der Waals surface area contributed by atoms with E-state index in [-0.39, 0.29) is 18.0 Å². The lowest BCUT2D eigenvalue weighted by Crippen LogP contribution is -2.16. The molecule has 3 aromatic rings. The molecule has 0 atom stereocenters. The van der Waals surface area contributed by atoms with Crippen molar-refractivity contribution in [3.05, 3.63) is 83.9 Å². The van der Waals surface area contributed by atoms with E-state index in [1.165, 1.54) is 11.9 Å². The third-order valence-corrected chi connectivity index (χ3v) is 7.12. The van der Waals surface area contributed by atoms with Crippen LogP contribution < -0.4 is 0 Å². The summed E-state index contributed by atoms with van der Waals surface area (Å²) >= 11 is 0. The highest BCUT2D eigenvalue weighted by Crippen LogP contribution is 2.37. The molecule has 0 amide bonds. The molecule has 0 spiro atoms. The number of benzene rings is 2. The van der Waals surface area contributed by atoms with Crippen molar-refractivity contribution in [3.8, 4) is 11.1 Å². The van der Waals surface area contributed by atoms with E-state index < -0.39 is 5.97 Å². The number of Topliss-reactive ketones (excluding diaryl/α,β-unsaturated/α-hetero) is 2. The van der Waals surface area contributed by atoms with Gasteiger partial charge in [-0.2, -0.15) is 0 Å². The highest BCUT2D eigenvalue weighted by Gasteiger charge is 2.24. The number of hydrogen-bond acceptors (Lipinski definition) is 5. The molecule has 0 bridgehead atoms. The zero-order chi connectivity index (χ0) is 25.3. The third kappa shape index (κ3) is 7.17. The molecular formula is C30H32N2O4. The Morgan fingerprint density at radius 3 is 2.11 bits per heavy atom. The smallest absolute Gasteiger partial charge is 0.303 e. The van der Waals surface area contributed by atoms with Crippen LogP contribution in [0.25, 0.3) is 11.1 Å². The van der Waals surface area contributed by atoms with E-state index in [9.17, 15) is 14.4 Å². The van der Waals surface area contributed by atoms with Crippen molar-refractivity contribution in [1.82, 2.24) is 9.97 Å². The van der Waals surface area contributed by atoms with Gasteiger partial charge >= 0.3 is 5.97 Å². The second-order valence-corrected chi connectivity index (χ2v) is 9.75. The van der Waals surface area contributed by atoms with Crippen LogP contribution in [0.1, 0.15) is 78.8 Å². The van der Waals surface area contributed by atoms with Crippen LogP contribution in [0.4, 0.5) is 0 Å². The number of carbonyl (C=O) groups excluding carboxylic acids is 2. The molecule has 0 saturated heterocycles. The highest BCUT2D eigenvalue weighted by atomic mass is 16.4. The molecule has 0 unspecified atom stereocenters. The van der Waals surface area contributed by atoms with Crippen molar-refractivity contribution < 1.29 is 19.5 Å². The van der Waals surface area contributed by atoms with Crippen LogP contribution in [0, 0.1) is 5.92 Å². The molecule has 36 heavy (non-hydrogen) atoms. The summed E-state index contributed by atoms with van der Waals surface area (Å²) in [7, 11) is 0. The van der Waals surface area contributed by atoms with Crippen LogP contribution in [0.5, 0.6) is 0 Å². The molecular weight excluding hydrogens is 452 g/mol. The number of rotatable bonds is 11. The number of carbonyl (C=O) groups is 3. The molecule has 1 fully saturated rings. The van der Waals surface area contributed by atoms with Gasteiger partial charge in [0.2, 0.25) is 0 Å². The molecule has 6 heteroatoms. The van der Waals surface area contributed by atoms with Gasteiger partial charge in [0, 0.05) is 49.2 Å². The van der Waals surface area contributed by atoms with Crippen LogP contribution in [-0.2, 0) is 16.0 Å². The minimum Gasteiger partial charge on any atom is -0.481 e. The second-order valence-electron chi connectivity index (χ2n) is 9.75. The summed E-state index contributed by atoms with van der Waals surface area (Å²) in [5, 5.41) is 8.98. The van der Waals surface area contributed by atoms with Crippen molar-refractivity contribution in [2.24, 2.45) is 5.92 Å². The Bertz CT molecular complexity index is 1170. The maximum Gasteiger partial charge on any atom is 0.303 e. The second kappa shape index (κ2) is 12.3. The Morgan fingerprint density at radius 1 is 0.806 bits per heavy atom. The van der Waals surface area contributed by atoms with Crippen LogP contribution in [0.15, 0.2) is 67.3 Å². The maximum absolute atomic E-state index is 12.5. The van der Waals surface area contributed by atoms with E-state index in [0.29, 0.717) is 43.1 Å². The molecule has 1 aliphatic rings. The first-order chi connectivity index (χ1) is 17.5. The molecule has 1 aliphatic carbocycles. The van der Waals surface area contributed by atoms with Crippen LogP contribution in [0.2, 0.25) is 0 Å².